The quantitative estimate of drug-likeness (QED) is 0.718. The predicted molar refractivity (Wildman–Crippen MR) is 107 cm³/mol. The van der Waals surface area contributed by atoms with Gasteiger partial charge in [0.1, 0.15) is 11.7 Å². The topological polar surface area (TPSA) is 97.8 Å². The van der Waals surface area contributed by atoms with Gasteiger partial charge in [0.2, 0.25) is 5.91 Å². The van der Waals surface area contributed by atoms with Crippen LogP contribution in [0.15, 0.2) is 24.3 Å². The van der Waals surface area contributed by atoms with Crippen LogP contribution in [0.5, 0.6) is 0 Å². The van der Waals surface area contributed by atoms with Crippen molar-refractivity contribution in [2.45, 2.75) is 50.6 Å². The number of carbonyl (C=O) groups is 2. The average molecular weight is 399 g/mol. The van der Waals surface area contributed by atoms with E-state index in [0.29, 0.717) is 10.7 Å². The van der Waals surface area contributed by atoms with Gasteiger partial charge in [-0.15, -0.1) is 0 Å². The van der Waals surface area contributed by atoms with Crippen LogP contribution in [0.4, 0.5) is 0 Å². The number of amides is 2. The zero-order chi connectivity index (χ0) is 19.7. The number of fused-ring (bicyclic) bond motifs is 1. The van der Waals surface area contributed by atoms with E-state index in [4.69, 9.17) is 11.6 Å². The van der Waals surface area contributed by atoms with Crippen LogP contribution < -0.4 is 10.6 Å². The molecule has 146 valence electrons. The van der Waals surface area contributed by atoms with Crippen molar-refractivity contribution in [1.82, 2.24) is 15.6 Å². The Morgan fingerprint density at radius 1 is 1.18 bits per heavy atom. The second-order valence-electron chi connectivity index (χ2n) is 7.84. The standard InChI is InChI=1S/C21H23ClN4O2/c22-14-7-8-16-13(9-14)10-18(24-16)21(28)25-17-4-2-1-3-15(17)20(27)26-19(11-23)12-5-6-12/h7-10,12,15,17,19,24H,1-6H2,(H,25,28)(H,26,27)/t15-,17+,19?/m1/s1. The molecule has 4 rings (SSSR count). The molecule has 1 unspecified atom stereocenters. The number of rotatable bonds is 5. The molecule has 2 saturated carbocycles. The van der Waals surface area contributed by atoms with Crippen molar-refractivity contribution in [3.63, 3.8) is 0 Å². The number of hydrogen-bond acceptors (Lipinski definition) is 3. The summed E-state index contributed by atoms with van der Waals surface area (Å²) in [4.78, 5) is 28.6. The Balaban J connectivity index is 1.45. The van der Waals surface area contributed by atoms with Crippen LogP contribution in [0, 0.1) is 23.2 Å². The average Bonchev–Trinajstić information content (AvgIpc) is 3.45. The number of nitrogens with one attached hydrogen (secondary N) is 3. The van der Waals surface area contributed by atoms with Gasteiger partial charge in [-0.1, -0.05) is 24.4 Å². The summed E-state index contributed by atoms with van der Waals surface area (Å²) < 4.78 is 0. The number of H-pyrrole nitrogens is 1. The molecule has 0 saturated heterocycles. The molecule has 2 aromatic rings. The summed E-state index contributed by atoms with van der Waals surface area (Å²) in [7, 11) is 0. The molecule has 1 heterocycles. The van der Waals surface area contributed by atoms with E-state index >= 15 is 0 Å². The largest absolute Gasteiger partial charge is 0.351 e. The Kier molecular flexibility index (Phi) is 5.27. The second kappa shape index (κ2) is 7.84. The molecule has 2 fully saturated rings. The van der Waals surface area contributed by atoms with Crippen molar-refractivity contribution in [2.75, 3.05) is 0 Å². The molecule has 6 nitrogen and oxygen atoms in total. The Morgan fingerprint density at radius 2 is 1.96 bits per heavy atom. The lowest BCUT2D eigenvalue weighted by atomic mass is 9.83. The highest BCUT2D eigenvalue weighted by atomic mass is 35.5. The number of halogens is 1. The van der Waals surface area contributed by atoms with Crippen molar-refractivity contribution >= 4 is 34.3 Å². The Hall–Kier alpha value is -2.52. The van der Waals surface area contributed by atoms with E-state index in [9.17, 15) is 14.9 Å². The Bertz CT molecular complexity index is 944. The molecule has 2 aliphatic rings. The lowest BCUT2D eigenvalue weighted by Gasteiger charge is -2.31. The van der Waals surface area contributed by atoms with Crippen LogP contribution in [0.3, 0.4) is 0 Å². The highest BCUT2D eigenvalue weighted by Gasteiger charge is 2.37. The molecule has 3 atom stereocenters. The third kappa shape index (κ3) is 4.00. The molecule has 3 N–H and O–H groups in total. The highest BCUT2D eigenvalue weighted by Crippen LogP contribution is 2.33. The zero-order valence-corrected chi connectivity index (χ0v) is 16.3. The fourth-order valence-electron chi connectivity index (χ4n) is 4.03. The van der Waals surface area contributed by atoms with Crippen LogP contribution >= 0.6 is 11.6 Å². The van der Waals surface area contributed by atoms with Crippen LogP contribution in [0.1, 0.15) is 49.0 Å². The number of benzene rings is 1. The van der Waals surface area contributed by atoms with Crippen LogP contribution in [-0.2, 0) is 4.79 Å². The number of hydrogen-bond donors (Lipinski definition) is 3. The van der Waals surface area contributed by atoms with Gasteiger partial charge in [0, 0.05) is 22.0 Å². The van der Waals surface area contributed by atoms with Gasteiger partial charge in [-0.05, 0) is 55.9 Å². The predicted octanol–water partition coefficient (Wildman–Crippen LogP) is 3.53. The minimum absolute atomic E-state index is 0.119. The van der Waals surface area contributed by atoms with Crippen molar-refractivity contribution in [1.29, 1.82) is 5.26 Å². The first-order chi connectivity index (χ1) is 13.5. The monoisotopic (exact) mass is 398 g/mol. The van der Waals surface area contributed by atoms with E-state index in [1.54, 1.807) is 18.2 Å². The smallest absolute Gasteiger partial charge is 0.267 e. The van der Waals surface area contributed by atoms with E-state index in [1.165, 1.54) is 0 Å². The van der Waals surface area contributed by atoms with E-state index < -0.39 is 6.04 Å². The van der Waals surface area contributed by atoms with Crippen molar-refractivity contribution in [3.8, 4) is 6.07 Å². The lowest BCUT2D eigenvalue weighted by Crippen LogP contribution is -2.50. The number of aromatic nitrogens is 1. The van der Waals surface area contributed by atoms with Gasteiger partial charge < -0.3 is 15.6 Å². The lowest BCUT2D eigenvalue weighted by molar-refractivity contribution is -0.127. The van der Waals surface area contributed by atoms with Crippen LogP contribution in [0.25, 0.3) is 10.9 Å². The molecule has 0 bridgehead atoms. The first-order valence-electron chi connectivity index (χ1n) is 9.84. The van der Waals surface area contributed by atoms with Gasteiger partial charge in [-0.25, -0.2) is 0 Å². The molecule has 28 heavy (non-hydrogen) atoms. The van der Waals surface area contributed by atoms with E-state index in [1.807, 2.05) is 6.07 Å². The number of carbonyl (C=O) groups excluding carboxylic acids is 2. The summed E-state index contributed by atoms with van der Waals surface area (Å²) in [6, 6.07) is 8.75. The van der Waals surface area contributed by atoms with Gasteiger partial charge in [-0.3, -0.25) is 9.59 Å². The molecule has 2 amide bonds. The minimum Gasteiger partial charge on any atom is -0.351 e. The van der Waals surface area contributed by atoms with Gasteiger partial charge in [0.05, 0.1) is 12.0 Å². The summed E-state index contributed by atoms with van der Waals surface area (Å²) in [5.74, 6) is -0.363. The maximum Gasteiger partial charge on any atom is 0.267 e. The second-order valence-corrected chi connectivity index (χ2v) is 8.27. The molecule has 0 radical (unpaired) electrons. The Morgan fingerprint density at radius 3 is 2.71 bits per heavy atom. The molecule has 0 spiro atoms. The molecule has 0 aliphatic heterocycles. The summed E-state index contributed by atoms with van der Waals surface area (Å²) in [5, 5.41) is 16.7. The third-order valence-corrected chi connectivity index (χ3v) is 6.01. The molecule has 2 aliphatic carbocycles. The Labute approximate surface area is 168 Å². The third-order valence-electron chi connectivity index (χ3n) is 5.78. The molecular weight excluding hydrogens is 376 g/mol. The maximum absolute atomic E-state index is 12.8. The zero-order valence-electron chi connectivity index (χ0n) is 15.5. The summed E-state index contributed by atoms with van der Waals surface area (Å²) in [6.07, 6.45) is 5.40. The first kappa shape index (κ1) is 18.8. The van der Waals surface area contributed by atoms with Gasteiger partial charge in [-0.2, -0.15) is 5.26 Å². The summed E-state index contributed by atoms with van der Waals surface area (Å²) >= 11 is 6.02. The minimum atomic E-state index is -0.413. The molecule has 1 aromatic carbocycles. The normalized spacial score (nSPS) is 23.0. The first-order valence-corrected chi connectivity index (χ1v) is 10.2. The molecule has 1 aromatic heterocycles. The summed E-state index contributed by atoms with van der Waals surface area (Å²) in [5.41, 5.74) is 1.30. The van der Waals surface area contributed by atoms with E-state index in [0.717, 1.165) is 49.4 Å². The summed E-state index contributed by atoms with van der Waals surface area (Å²) in [6.45, 7) is 0. The fraction of sp³-hybridized carbons (Fsp3) is 0.476. The van der Waals surface area contributed by atoms with Gasteiger partial charge >= 0.3 is 0 Å². The van der Waals surface area contributed by atoms with Crippen molar-refractivity contribution in [2.24, 2.45) is 11.8 Å². The molecule has 7 heteroatoms. The van der Waals surface area contributed by atoms with Crippen LogP contribution in [-0.4, -0.2) is 28.9 Å². The van der Waals surface area contributed by atoms with E-state index in [-0.39, 0.29) is 29.7 Å². The number of aromatic amines is 1. The van der Waals surface area contributed by atoms with Crippen molar-refractivity contribution < 1.29 is 9.59 Å². The van der Waals surface area contributed by atoms with Crippen LogP contribution in [0.2, 0.25) is 5.02 Å². The van der Waals surface area contributed by atoms with Crippen molar-refractivity contribution in [3.05, 3.63) is 35.0 Å². The highest BCUT2D eigenvalue weighted by molar-refractivity contribution is 6.31. The van der Waals surface area contributed by atoms with Gasteiger partial charge in [0.15, 0.2) is 0 Å². The maximum atomic E-state index is 12.8. The number of nitrogens with zero attached hydrogens (tertiary/aromatic N) is 1. The SMILES string of the molecule is N#CC(NC(=O)[C@@H]1CCCC[C@@H]1NC(=O)c1cc2cc(Cl)ccc2[nH]1)C1CC1. The van der Waals surface area contributed by atoms with E-state index in [2.05, 4.69) is 21.7 Å². The number of nitriles is 1. The van der Waals surface area contributed by atoms with Gasteiger partial charge in [0.25, 0.3) is 5.91 Å². The molecular formula is C21H23ClN4O2. The fourth-order valence-corrected chi connectivity index (χ4v) is 4.22.